The highest BCUT2D eigenvalue weighted by Gasteiger charge is 2.31. The lowest BCUT2D eigenvalue weighted by Gasteiger charge is -2.37. The number of benzene rings is 2. The van der Waals surface area contributed by atoms with E-state index in [1.807, 2.05) is 43.3 Å². The molecular formula is C22H27NO4. The van der Waals surface area contributed by atoms with E-state index in [0.29, 0.717) is 24.7 Å². The first-order valence-corrected chi connectivity index (χ1v) is 9.46. The highest BCUT2D eigenvalue weighted by atomic mass is 16.5. The summed E-state index contributed by atoms with van der Waals surface area (Å²) in [6, 6.07) is 16.2. The van der Waals surface area contributed by atoms with Crippen molar-refractivity contribution < 1.29 is 19.4 Å². The molecule has 0 aliphatic carbocycles. The van der Waals surface area contributed by atoms with Gasteiger partial charge in [-0.05, 0) is 49.6 Å². The molecule has 0 spiro atoms. The Morgan fingerprint density at radius 1 is 1.19 bits per heavy atom. The van der Waals surface area contributed by atoms with Crippen molar-refractivity contribution in [1.29, 1.82) is 0 Å². The Morgan fingerprint density at radius 2 is 1.96 bits per heavy atom. The fourth-order valence-corrected chi connectivity index (χ4v) is 3.82. The van der Waals surface area contributed by atoms with Crippen molar-refractivity contribution in [2.45, 2.75) is 25.8 Å². The third kappa shape index (κ3) is 4.42. The van der Waals surface area contributed by atoms with E-state index < -0.39 is 5.97 Å². The Kier molecular flexibility index (Phi) is 6.35. The fraction of sp³-hybridized carbons (Fsp3) is 0.409. The molecule has 0 saturated carbocycles. The van der Waals surface area contributed by atoms with E-state index in [2.05, 4.69) is 17.0 Å². The van der Waals surface area contributed by atoms with Crippen LogP contribution in [0.25, 0.3) is 0 Å². The second-order valence-electron chi connectivity index (χ2n) is 6.83. The Morgan fingerprint density at radius 3 is 2.63 bits per heavy atom. The van der Waals surface area contributed by atoms with Crippen molar-refractivity contribution >= 4 is 5.97 Å². The molecule has 2 atom stereocenters. The number of methoxy groups -OCH3 is 1. The first-order chi connectivity index (χ1) is 13.1. The van der Waals surface area contributed by atoms with Gasteiger partial charge in [-0.1, -0.05) is 36.4 Å². The maximum Gasteiger partial charge on any atom is 0.307 e. The van der Waals surface area contributed by atoms with Gasteiger partial charge >= 0.3 is 5.97 Å². The summed E-state index contributed by atoms with van der Waals surface area (Å²) in [4.78, 5) is 13.8. The molecule has 1 N–H and O–H groups in total. The van der Waals surface area contributed by atoms with Crippen molar-refractivity contribution in [3.8, 4) is 11.5 Å². The number of ether oxygens (including phenoxy) is 2. The average Bonchev–Trinajstić information content (AvgIpc) is 2.70. The molecular weight excluding hydrogens is 342 g/mol. The molecule has 144 valence electrons. The standard InChI is InChI=1S/C22H27NO4/c1-3-27-20-14-17(11-12-19(20)26-2)21(16-8-5-4-6-9-16)23-13-7-10-18(15-23)22(24)25/h4-6,8-9,11-12,14,18,21H,3,7,10,13,15H2,1-2H3,(H,24,25). The number of carboxylic acid groups (broad SMARTS) is 1. The van der Waals surface area contributed by atoms with Crippen LogP contribution in [0.2, 0.25) is 0 Å². The Bertz CT molecular complexity index is 762. The zero-order valence-corrected chi connectivity index (χ0v) is 15.9. The molecule has 5 heteroatoms. The van der Waals surface area contributed by atoms with Crippen LogP contribution in [-0.4, -0.2) is 42.8 Å². The highest BCUT2D eigenvalue weighted by molar-refractivity contribution is 5.70. The monoisotopic (exact) mass is 369 g/mol. The number of likely N-dealkylation sites (tertiary alicyclic amines) is 1. The van der Waals surface area contributed by atoms with Gasteiger partial charge in [0, 0.05) is 6.54 Å². The summed E-state index contributed by atoms with van der Waals surface area (Å²) in [5, 5.41) is 9.50. The maximum atomic E-state index is 11.6. The first kappa shape index (κ1) is 19.2. The molecule has 3 rings (SSSR count). The quantitative estimate of drug-likeness (QED) is 0.800. The molecule has 2 unspecified atom stereocenters. The summed E-state index contributed by atoms with van der Waals surface area (Å²) >= 11 is 0. The largest absolute Gasteiger partial charge is 0.493 e. The van der Waals surface area contributed by atoms with E-state index in [-0.39, 0.29) is 12.0 Å². The van der Waals surface area contributed by atoms with Gasteiger partial charge in [-0.3, -0.25) is 9.69 Å². The van der Waals surface area contributed by atoms with Crippen LogP contribution in [0.5, 0.6) is 11.5 Å². The molecule has 0 aromatic heterocycles. The van der Waals surface area contributed by atoms with Crippen LogP contribution in [0.1, 0.15) is 36.9 Å². The molecule has 1 saturated heterocycles. The molecule has 1 heterocycles. The molecule has 1 aliphatic rings. The predicted molar refractivity (Wildman–Crippen MR) is 104 cm³/mol. The lowest BCUT2D eigenvalue weighted by Crippen LogP contribution is -2.41. The van der Waals surface area contributed by atoms with Crippen LogP contribution in [0.3, 0.4) is 0 Å². The Labute approximate surface area is 160 Å². The smallest absolute Gasteiger partial charge is 0.307 e. The lowest BCUT2D eigenvalue weighted by atomic mass is 9.91. The molecule has 1 fully saturated rings. The molecule has 0 bridgehead atoms. The summed E-state index contributed by atoms with van der Waals surface area (Å²) in [6.45, 7) is 3.92. The van der Waals surface area contributed by atoms with Crippen LogP contribution in [0, 0.1) is 5.92 Å². The third-order valence-corrected chi connectivity index (χ3v) is 5.09. The second-order valence-corrected chi connectivity index (χ2v) is 6.83. The van der Waals surface area contributed by atoms with Crippen molar-refractivity contribution in [2.75, 3.05) is 26.8 Å². The van der Waals surface area contributed by atoms with Gasteiger partial charge < -0.3 is 14.6 Å². The number of piperidine rings is 1. The molecule has 27 heavy (non-hydrogen) atoms. The number of rotatable bonds is 7. The topological polar surface area (TPSA) is 59.0 Å². The highest BCUT2D eigenvalue weighted by Crippen LogP contribution is 2.37. The molecule has 2 aromatic carbocycles. The van der Waals surface area contributed by atoms with E-state index in [9.17, 15) is 9.90 Å². The molecule has 5 nitrogen and oxygen atoms in total. The minimum absolute atomic E-state index is 0.0153. The average molecular weight is 369 g/mol. The summed E-state index contributed by atoms with van der Waals surface area (Å²) in [6.07, 6.45) is 1.62. The molecule has 0 radical (unpaired) electrons. The lowest BCUT2D eigenvalue weighted by molar-refractivity contribution is -0.143. The number of hydrogen-bond acceptors (Lipinski definition) is 4. The van der Waals surface area contributed by atoms with Crippen molar-refractivity contribution in [1.82, 2.24) is 4.90 Å². The summed E-state index contributed by atoms with van der Waals surface area (Å²) < 4.78 is 11.2. The van der Waals surface area contributed by atoms with E-state index in [0.717, 1.165) is 30.5 Å². The summed E-state index contributed by atoms with van der Waals surface area (Å²) in [5.74, 6) is 0.380. The zero-order valence-electron chi connectivity index (χ0n) is 15.9. The third-order valence-electron chi connectivity index (χ3n) is 5.09. The van der Waals surface area contributed by atoms with Gasteiger partial charge in [0.05, 0.1) is 25.7 Å². The van der Waals surface area contributed by atoms with Gasteiger partial charge in [0.15, 0.2) is 11.5 Å². The number of nitrogens with zero attached hydrogens (tertiary/aromatic N) is 1. The number of carboxylic acids is 1. The summed E-state index contributed by atoms with van der Waals surface area (Å²) in [7, 11) is 1.63. The van der Waals surface area contributed by atoms with Crippen LogP contribution in [0.4, 0.5) is 0 Å². The zero-order chi connectivity index (χ0) is 19.2. The van der Waals surface area contributed by atoms with Crippen molar-refractivity contribution in [3.05, 3.63) is 59.7 Å². The minimum atomic E-state index is -0.712. The SMILES string of the molecule is CCOc1cc(C(c2ccccc2)N2CCCC(C(=O)O)C2)ccc1OC. The van der Waals surface area contributed by atoms with Gasteiger partial charge in [0.25, 0.3) is 0 Å². The number of carbonyl (C=O) groups is 1. The molecule has 2 aromatic rings. The van der Waals surface area contributed by atoms with E-state index >= 15 is 0 Å². The van der Waals surface area contributed by atoms with Crippen LogP contribution in [0.15, 0.2) is 48.5 Å². The van der Waals surface area contributed by atoms with E-state index in [4.69, 9.17) is 9.47 Å². The Balaban J connectivity index is 2.00. The maximum absolute atomic E-state index is 11.6. The van der Waals surface area contributed by atoms with Gasteiger partial charge in [0.2, 0.25) is 0 Å². The first-order valence-electron chi connectivity index (χ1n) is 9.46. The molecule has 0 amide bonds. The van der Waals surface area contributed by atoms with E-state index in [1.54, 1.807) is 7.11 Å². The summed E-state index contributed by atoms with van der Waals surface area (Å²) in [5.41, 5.74) is 2.23. The minimum Gasteiger partial charge on any atom is -0.493 e. The number of aliphatic carboxylic acids is 1. The van der Waals surface area contributed by atoms with E-state index in [1.165, 1.54) is 0 Å². The predicted octanol–water partition coefficient (Wildman–Crippen LogP) is 3.98. The van der Waals surface area contributed by atoms with Crippen LogP contribution in [-0.2, 0) is 4.79 Å². The van der Waals surface area contributed by atoms with Gasteiger partial charge in [-0.25, -0.2) is 0 Å². The number of hydrogen-bond donors (Lipinski definition) is 1. The normalized spacial score (nSPS) is 18.7. The van der Waals surface area contributed by atoms with Gasteiger partial charge in [-0.2, -0.15) is 0 Å². The van der Waals surface area contributed by atoms with Crippen molar-refractivity contribution in [2.24, 2.45) is 5.92 Å². The van der Waals surface area contributed by atoms with Crippen LogP contribution < -0.4 is 9.47 Å². The van der Waals surface area contributed by atoms with Gasteiger partial charge in [0.1, 0.15) is 0 Å². The Hall–Kier alpha value is -2.53. The second kappa shape index (κ2) is 8.91. The van der Waals surface area contributed by atoms with Crippen LogP contribution >= 0.6 is 0 Å². The molecule has 1 aliphatic heterocycles. The fourth-order valence-electron chi connectivity index (χ4n) is 3.82. The van der Waals surface area contributed by atoms with Crippen molar-refractivity contribution in [3.63, 3.8) is 0 Å². The van der Waals surface area contributed by atoms with Gasteiger partial charge in [-0.15, -0.1) is 0 Å².